The van der Waals surface area contributed by atoms with E-state index in [-0.39, 0.29) is 18.4 Å². The minimum atomic E-state index is -4.49. The second-order valence-corrected chi connectivity index (χ2v) is 6.85. The van der Waals surface area contributed by atoms with Crippen LogP contribution < -0.4 is 9.64 Å². The van der Waals surface area contributed by atoms with E-state index < -0.39 is 11.7 Å². The number of anilines is 1. The van der Waals surface area contributed by atoms with Crippen LogP contribution in [-0.2, 0) is 6.18 Å². The van der Waals surface area contributed by atoms with E-state index in [1.807, 2.05) is 13.0 Å². The quantitative estimate of drug-likeness (QED) is 0.680. The summed E-state index contributed by atoms with van der Waals surface area (Å²) in [5, 5.41) is 4.23. The molecule has 1 unspecified atom stereocenters. The van der Waals surface area contributed by atoms with E-state index in [1.165, 1.54) is 18.6 Å². The number of nitrogens with zero attached hydrogens (tertiary/aromatic N) is 6. The topological polar surface area (TPSA) is 68.4 Å². The van der Waals surface area contributed by atoms with Crippen molar-refractivity contribution in [2.45, 2.75) is 25.9 Å². The number of halogens is 3. The Labute approximate surface area is 159 Å². The van der Waals surface area contributed by atoms with Gasteiger partial charge < -0.3 is 9.64 Å². The summed E-state index contributed by atoms with van der Waals surface area (Å²) in [6.07, 6.45) is 0.0408. The van der Waals surface area contributed by atoms with Gasteiger partial charge in [0.1, 0.15) is 17.7 Å². The van der Waals surface area contributed by atoms with Crippen molar-refractivity contribution in [1.29, 1.82) is 0 Å². The maximum Gasteiger partial charge on any atom is 0.421 e. The minimum Gasteiger partial charge on any atom is -0.477 e. The van der Waals surface area contributed by atoms with Crippen molar-refractivity contribution in [2.24, 2.45) is 5.92 Å². The molecular formula is C18H19F3N6O. The monoisotopic (exact) mass is 392 g/mol. The number of alkyl halides is 3. The smallest absolute Gasteiger partial charge is 0.421 e. The Kier molecular flexibility index (Phi) is 4.78. The highest BCUT2D eigenvalue weighted by atomic mass is 19.4. The molecule has 0 N–H and O–H groups in total. The third kappa shape index (κ3) is 3.71. The number of pyridine rings is 1. The summed E-state index contributed by atoms with van der Waals surface area (Å²) in [6.45, 7) is 3.53. The molecule has 3 aromatic heterocycles. The van der Waals surface area contributed by atoms with E-state index in [4.69, 9.17) is 4.74 Å². The van der Waals surface area contributed by atoms with Gasteiger partial charge in [-0.3, -0.25) is 0 Å². The van der Waals surface area contributed by atoms with E-state index in [9.17, 15) is 13.2 Å². The van der Waals surface area contributed by atoms with Crippen LogP contribution in [0.4, 0.5) is 19.0 Å². The molecule has 1 fully saturated rings. The van der Waals surface area contributed by atoms with Crippen molar-refractivity contribution in [2.75, 3.05) is 24.6 Å². The second kappa shape index (κ2) is 7.25. The Balaban J connectivity index is 1.49. The maximum atomic E-state index is 13.1. The summed E-state index contributed by atoms with van der Waals surface area (Å²) in [6, 6.07) is 4.18. The average Bonchev–Trinajstić information content (AvgIpc) is 3.14. The summed E-state index contributed by atoms with van der Waals surface area (Å²) >= 11 is 0. The maximum absolute atomic E-state index is 13.1. The highest BCUT2D eigenvalue weighted by Crippen LogP contribution is 2.35. The standard InChI is InChI=1S/C18H19F3N6O/c1-12-8-15(27-17(25-12)23-11-24-27)26-7-3-4-13(9-26)10-28-16-14(18(19,20)21)5-2-6-22-16/h2,5-6,8,11,13H,3-4,7,9-10H2,1H3. The van der Waals surface area contributed by atoms with Crippen molar-refractivity contribution >= 4 is 11.6 Å². The van der Waals surface area contributed by atoms with Gasteiger partial charge in [0.15, 0.2) is 0 Å². The van der Waals surface area contributed by atoms with Crippen molar-refractivity contribution in [3.8, 4) is 5.88 Å². The number of ether oxygens (including phenoxy) is 1. The fourth-order valence-electron chi connectivity index (χ4n) is 3.46. The fraction of sp³-hybridized carbons (Fsp3) is 0.444. The molecule has 7 nitrogen and oxygen atoms in total. The van der Waals surface area contributed by atoms with E-state index in [2.05, 4.69) is 25.0 Å². The molecule has 0 amide bonds. The molecule has 28 heavy (non-hydrogen) atoms. The first kappa shape index (κ1) is 18.5. The van der Waals surface area contributed by atoms with Gasteiger partial charge in [0.25, 0.3) is 5.78 Å². The first-order chi connectivity index (χ1) is 13.4. The lowest BCUT2D eigenvalue weighted by Crippen LogP contribution is -2.39. The van der Waals surface area contributed by atoms with Gasteiger partial charge >= 0.3 is 6.18 Å². The molecule has 1 aliphatic heterocycles. The molecule has 4 rings (SSSR count). The zero-order valence-corrected chi connectivity index (χ0v) is 15.2. The van der Waals surface area contributed by atoms with E-state index >= 15 is 0 Å². The number of hydrogen-bond donors (Lipinski definition) is 0. The molecule has 0 radical (unpaired) electrons. The fourth-order valence-corrected chi connectivity index (χ4v) is 3.46. The molecule has 1 atom stereocenters. The zero-order chi connectivity index (χ0) is 19.7. The number of fused-ring (bicyclic) bond motifs is 1. The van der Waals surface area contributed by atoms with Crippen molar-refractivity contribution in [1.82, 2.24) is 24.6 Å². The van der Waals surface area contributed by atoms with Gasteiger partial charge in [-0.1, -0.05) is 0 Å². The number of aryl methyl sites for hydroxylation is 1. The lowest BCUT2D eigenvalue weighted by molar-refractivity contribution is -0.139. The molecule has 0 spiro atoms. The van der Waals surface area contributed by atoms with Crippen molar-refractivity contribution in [3.63, 3.8) is 0 Å². The number of rotatable bonds is 4. The first-order valence-electron chi connectivity index (χ1n) is 8.99. The third-order valence-corrected chi connectivity index (χ3v) is 4.74. The van der Waals surface area contributed by atoms with Crippen LogP contribution in [-0.4, -0.2) is 44.3 Å². The highest BCUT2D eigenvalue weighted by Gasteiger charge is 2.35. The third-order valence-electron chi connectivity index (χ3n) is 4.74. The van der Waals surface area contributed by atoms with Gasteiger partial charge in [0.2, 0.25) is 5.88 Å². The van der Waals surface area contributed by atoms with Crippen molar-refractivity contribution < 1.29 is 17.9 Å². The Morgan fingerprint density at radius 2 is 2.14 bits per heavy atom. The van der Waals surface area contributed by atoms with Gasteiger partial charge in [-0.25, -0.2) is 9.97 Å². The van der Waals surface area contributed by atoms with Crippen LogP contribution in [0, 0.1) is 12.8 Å². The largest absolute Gasteiger partial charge is 0.477 e. The van der Waals surface area contributed by atoms with Crippen LogP contribution >= 0.6 is 0 Å². The molecule has 4 heterocycles. The first-order valence-corrected chi connectivity index (χ1v) is 8.99. The van der Waals surface area contributed by atoms with Crippen LogP contribution in [0.3, 0.4) is 0 Å². The average molecular weight is 392 g/mol. The Morgan fingerprint density at radius 3 is 2.96 bits per heavy atom. The molecular weight excluding hydrogens is 373 g/mol. The lowest BCUT2D eigenvalue weighted by atomic mass is 9.99. The van der Waals surface area contributed by atoms with Gasteiger partial charge in [-0.05, 0) is 31.9 Å². The Morgan fingerprint density at radius 1 is 1.29 bits per heavy atom. The van der Waals surface area contributed by atoms with Crippen LogP contribution in [0.1, 0.15) is 24.1 Å². The molecule has 10 heteroatoms. The SMILES string of the molecule is Cc1cc(N2CCCC(COc3ncccc3C(F)(F)F)C2)n2ncnc2n1. The summed E-state index contributed by atoms with van der Waals surface area (Å²) < 4.78 is 46.5. The van der Waals surface area contributed by atoms with Crippen LogP contribution in [0.15, 0.2) is 30.7 Å². The highest BCUT2D eigenvalue weighted by molar-refractivity contribution is 5.47. The van der Waals surface area contributed by atoms with Gasteiger partial charge in [0.05, 0.1) is 6.61 Å². The van der Waals surface area contributed by atoms with Crippen molar-refractivity contribution in [3.05, 3.63) is 42.0 Å². The zero-order valence-electron chi connectivity index (χ0n) is 15.2. The van der Waals surface area contributed by atoms with Crippen LogP contribution in [0.2, 0.25) is 0 Å². The van der Waals surface area contributed by atoms with Gasteiger partial charge in [0, 0.05) is 37.0 Å². The molecule has 0 saturated carbocycles. The second-order valence-electron chi connectivity index (χ2n) is 6.85. The minimum absolute atomic E-state index is 0.0730. The van der Waals surface area contributed by atoms with Gasteiger partial charge in [-0.2, -0.15) is 27.8 Å². The normalized spacial score (nSPS) is 17.9. The number of hydrogen-bond acceptors (Lipinski definition) is 6. The summed E-state index contributed by atoms with van der Waals surface area (Å²) in [4.78, 5) is 14.4. The molecule has 0 aromatic carbocycles. The number of piperidine rings is 1. The lowest BCUT2D eigenvalue weighted by Gasteiger charge is -2.34. The molecule has 1 aliphatic rings. The molecule has 3 aromatic rings. The molecule has 0 aliphatic carbocycles. The Hall–Kier alpha value is -2.91. The van der Waals surface area contributed by atoms with Crippen LogP contribution in [0.5, 0.6) is 5.88 Å². The summed E-state index contributed by atoms with van der Waals surface area (Å²) in [5.41, 5.74) is -0.0195. The number of aromatic nitrogens is 5. The van der Waals surface area contributed by atoms with E-state index in [0.29, 0.717) is 12.3 Å². The molecule has 1 saturated heterocycles. The van der Waals surface area contributed by atoms with E-state index in [1.54, 1.807) is 4.52 Å². The predicted molar refractivity (Wildman–Crippen MR) is 95.2 cm³/mol. The molecule has 148 valence electrons. The summed E-state index contributed by atoms with van der Waals surface area (Å²) in [5.74, 6) is 1.10. The van der Waals surface area contributed by atoms with Gasteiger partial charge in [-0.15, -0.1) is 0 Å². The Bertz CT molecular complexity index is 973. The predicted octanol–water partition coefficient (Wildman–Crippen LogP) is 3.14. The van der Waals surface area contributed by atoms with E-state index in [0.717, 1.165) is 37.0 Å². The molecule has 0 bridgehead atoms. The van der Waals surface area contributed by atoms with Crippen LogP contribution in [0.25, 0.3) is 5.78 Å². The summed E-state index contributed by atoms with van der Waals surface area (Å²) in [7, 11) is 0.